The van der Waals surface area contributed by atoms with Crippen molar-refractivity contribution in [3.63, 3.8) is 0 Å². The van der Waals surface area contributed by atoms with E-state index in [9.17, 15) is 4.39 Å². The predicted molar refractivity (Wildman–Crippen MR) is 218 cm³/mol. The van der Waals surface area contributed by atoms with Gasteiger partial charge in [-0.2, -0.15) is 0 Å². The van der Waals surface area contributed by atoms with Crippen LogP contribution in [0, 0.1) is 12.7 Å². The molecule has 8 aromatic rings. The molecule has 0 unspecified atom stereocenters. The first kappa shape index (κ1) is 29.6. The maximum absolute atomic E-state index is 14.7. The number of anilines is 6. The third-order valence-corrected chi connectivity index (χ3v) is 11.9. The molecule has 246 valence electrons. The molecule has 8 aromatic carbocycles. The number of hydrogen-bond donors (Lipinski definition) is 0. The van der Waals surface area contributed by atoms with Crippen LogP contribution in [-0.4, -0.2) is 6.71 Å². The highest BCUT2D eigenvalue weighted by Crippen LogP contribution is 2.55. The maximum Gasteiger partial charge on any atom is 0.253 e. The standard InChI is InChI=1S/C48H34BFN2/c1-29-19-24-32(25-20-29)51-39-17-10-18-40-45(39)49(44-34-12-5-4-11-30(34)21-28-41(44)51)46-42-37-15-8-9-16-38(37)48(2,3)43(42)35-13-6-7-14-36(35)47(46)52(40)33-26-22-31(50)23-27-33/h4-28H,1-3H3. The molecule has 0 saturated heterocycles. The molecule has 0 spiro atoms. The van der Waals surface area contributed by atoms with Crippen molar-refractivity contribution in [1.82, 2.24) is 0 Å². The van der Waals surface area contributed by atoms with Crippen LogP contribution >= 0.6 is 0 Å². The maximum atomic E-state index is 14.7. The van der Waals surface area contributed by atoms with Crippen LogP contribution in [-0.2, 0) is 5.41 Å². The van der Waals surface area contributed by atoms with E-state index in [-0.39, 0.29) is 17.9 Å². The van der Waals surface area contributed by atoms with Gasteiger partial charge in [0.15, 0.2) is 0 Å². The van der Waals surface area contributed by atoms with Crippen molar-refractivity contribution < 1.29 is 4.39 Å². The number of hydrogen-bond acceptors (Lipinski definition) is 2. The lowest BCUT2D eigenvalue weighted by molar-refractivity contribution is 0.628. The van der Waals surface area contributed by atoms with Gasteiger partial charge >= 0.3 is 0 Å². The third-order valence-electron chi connectivity index (χ3n) is 11.9. The van der Waals surface area contributed by atoms with E-state index in [1.54, 1.807) is 12.1 Å². The Morgan fingerprint density at radius 3 is 1.92 bits per heavy atom. The van der Waals surface area contributed by atoms with Gasteiger partial charge in [0.1, 0.15) is 5.82 Å². The molecule has 4 heteroatoms. The van der Waals surface area contributed by atoms with E-state index in [2.05, 4.69) is 158 Å². The Balaban J connectivity index is 1.38. The van der Waals surface area contributed by atoms with E-state index in [4.69, 9.17) is 0 Å². The number of nitrogens with zero attached hydrogens (tertiary/aromatic N) is 2. The normalized spacial score (nSPS) is 14.6. The van der Waals surface area contributed by atoms with Gasteiger partial charge in [0.05, 0.1) is 0 Å². The van der Waals surface area contributed by atoms with E-state index in [1.807, 2.05) is 12.1 Å². The van der Waals surface area contributed by atoms with Gasteiger partial charge in [-0.3, -0.25) is 0 Å². The van der Waals surface area contributed by atoms with Crippen LogP contribution < -0.4 is 26.2 Å². The Kier molecular flexibility index (Phi) is 5.95. The summed E-state index contributed by atoms with van der Waals surface area (Å²) in [7, 11) is 0. The SMILES string of the molecule is Cc1ccc(N2c3cccc4c3B(c3c5c(c6ccccc6c3N4c3ccc(F)cc3)C(C)(C)c3ccccc3-5)c3c2ccc2ccccc32)cc1. The van der Waals surface area contributed by atoms with E-state index in [1.165, 1.54) is 82.8 Å². The molecule has 2 heterocycles. The summed E-state index contributed by atoms with van der Waals surface area (Å²) in [5, 5.41) is 4.96. The van der Waals surface area contributed by atoms with Crippen LogP contribution in [0.15, 0.2) is 152 Å². The zero-order valence-electron chi connectivity index (χ0n) is 29.3. The summed E-state index contributed by atoms with van der Waals surface area (Å²) in [6.07, 6.45) is 0. The number of aryl methyl sites for hydroxylation is 1. The molecule has 0 N–H and O–H groups in total. The monoisotopic (exact) mass is 668 g/mol. The lowest BCUT2D eigenvalue weighted by Crippen LogP contribution is -2.62. The molecule has 0 bridgehead atoms. The van der Waals surface area contributed by atoms with E-state index in [0.29, 0.717) is 0 Å². The largest absolute Gasteiger partial charge is 0.311 e. The Morgan fingerprint density at radius 1 is 0.519 bits per heavy atom. The van der Waals surface area contributed by atoms with Crippen LogP contribution in [0.2, 0.25) is 0 Å². The second-order valence-electron chi connectivity index (χ2n) is 15.1. The van der Waals surface area contributed by atoms with Crippen molar-refractivity contribution in [3.05, 3.63) is 174 Å². The van der Waals surface area contributed by atoms with Crippen LogP contribution in [0.5, 0.6) is 0 Å². The average molecular weight is 669 g/mol. The number of rotatable bonds is 2. The van der Waals surface area contributed by atoms with Crippen molar-refractivity contribution in [2.24, 2.45) is 0 Å². The minimum atomic E-state index is -0.241. The lowest BCUT2D eigenvalue weighted by Gasteiger charge is -2.45. The Labute approximate surface area is 303 Å². The van der Waals surface area contributed by atoms with E-state index < -0.39 is 0 Å². The number of halogens is 1. The second-order valence-corrected chi connectivity index (χ2v) is 15.1. The Hall–Kier alpha value is -6.13. The van der Waals surface area contributed by atoms with Crippen LogP contribution in [0.4, 0.5) is 38.5 Å². The molecule has 3 aliphatic rings. The minimum Gasteiger partial charge on any atom is -0.311 e. The molecule has 0 fully saturated rings. The van der Waals surface area contributed by atoms with Crippen LogP contribution in [0.3, 0.4) is 0 Å². The lowest BCUT2D eigenvalue weighted by atomic mass is 9.32. The molecule has 0 aromatic heterocycles. The molecule has 52 heavy (non-hydrogen) atoms. The fourth-order valence-electron chi connectivity index (χ4n) is 9.80. The summed E-state index contributed by atoms with van der Waals surface area (Å²) in [4.78, 5) is 4.88. The van der Waals surface area contributed by atoms with Gasteiger partial charge in [0, 0.05) is 44.9 Å². The molecular weight excluding hydrogens is 634 g/mol. The molecule has 0 amide bonds. The fraction of sp³-hybridized carbons (Fsp3) is 0.0833. The summed E-state index contributed by atoms with van der Waals surface area (Å²) in [6, 6.07) is 54.1. The molecule has 0 radical (unpaired) electrons. The van der Waals surface area contributed by atoms with Gasteiger partial charge in [-0.1, -0.05) is 116 Å². The molecular formula is C48H34BFN2. The predicted octanol–water partition coefficient (Wildman–Crippen LogP) is 10.8. The average Bonchev–Trinajstić information content (AvgIpc) is 3.42. The summed E-state index contributed by atoms with van der Waals surface area (Å²) >= 11 is 0. The zero-order valence-corrected chi connectivity index (χ0v) is 29.3. The molecule has 2 aliphatic heterocycles. The van der Waals surface area contributed by atoms with E-state index in [0.717, 1.165) is 17.1 Å². The topological polar surface area (TPSA) is 6.48 Å². The van der Waals surface area contributed by atoms with Gasteiger partial charge in [-0.05, 0) is 116 Å². The van der Waals surface area contributed by atoms with Gasteiger partial charge < -0.3 is 9.80 Å². The van der Waals surface area contributed by atoms with Crippen molar-refractivity contribution in [1.29, 1.82) is 0 Å². The van der Waals surface area contributed by atoms with E-state index >= 15 is 0 Å². The van der Waals surface area contributed by atoms with Gasteiger partial charge in [-0.25, -0.2) is 4.39 Å². The minimum absolute atomic E-state index is 0.0685. The summed E-state index contributed by atoms with van der Waals surface area (Å²) in [6.45, 7) is 6.85. The zero-order chi connectivity index (χ0) is 34.9. The first-order valence-electron chi connectivity index (χ1n) is 18.2. The third kappa shape index (κ3) is 3.79. The molecule has 11 rings (SSSR count). The van der Waals surface area contributed by atoms with Crippen molar-refractivity contribution in [2.45, 2.75) is 26.2 Å². The van der Waals surface area contributed by atoms with Gasteiger partial charge in [0.25, 0.3) is 6.71 Å². The highest BCUT2D eigenvalue weighted by Gasteiger charge is 2.49. The van der Waals surface area contributed by atoms with Gasteiger partial charge in [-0.15, -0.1) is 0 Å². The van der Waals surface area contributed by atoms with Crippen molar-refractivity contribution in [2.75, 3.05) is 9.80 Å². The van der Waals surface area contributed by atoms with Crippen LogP contribution in [0.1, 0.15) is 30.5 Å². The number of benzene rings is 8. The summed E-state index contributed by atoms with van der Waals surface area (Å²) in [5.74, 6) is -0.241. The highest BCUT2D eigenvalue weighted by molar-refractivity contribution is 7.02. The summed E-state index contributed by atoms with van der Waals surface area (Å²) in [5.41, 5.74) is 17.0. The molecule has 0 atom stereocenters. The highest BCUT2D eigenvalue weighted by atomic mass is 19.1. The second kappa shape index (κ2) is 10.5. The molecule has 1 aliphatic carbocycles. The Morgan fingerprint density at radius 2 is 1.13 bits per heavy atom. The first-order valence-corrected chi connectivity index (χ1v) is 18.2. The molecule has 2 nitrogen and oxygen atoms in total. The first-order chi connectivity index (χ1) is 25.4. The van der Waals surface area contributed by atoms with Crippen molar-refractivity contribution >= 4 is 78.8 Å². The Bertz CT molecular complexity index is 2800. The quantitative estimate of drug-likeness (QED) is 0.169. The smallest absolute Gasteiger partial charge is 0.253 e. The van der Waals surface area contributed by atoms with Gasteiger partial charge in [0.2, 0.25) is 0 Å². The molecule has 0 saturated carbocycles. The van der Waals surface area contributed by atoms with Crippen LogP contribution in [0.25, 0.3) is 32.7 Å². The van der Waals surface area contributed by atoms with Crippen molar-refractivity contribution in [3.8, 4) is 11.1 Å². The summed E-state index contributed by atoms with van der Waals surface area (Å²) < 4.78 is 14.7. The fourth-order valence-corrected chi connectivity index (χ4v) is 9.80. The number of fused-ring (bicyclic) bond motifs is 13.